The van der Waals surface area contributed by atoms with Gasteiger partial charge in [-0.1, -0.05) is 6.07 Å². The summed E-state index contributed by atoms with van der Waals surface area (Å²) in [6.45, 7) is 4.10. The Morgan fingerprint density at radius 3 is 2.32 bits per heavy atom. The maximum absolute atomic E-state index is 11.1. The van der Waals surface area contributed by atoms with Gasteiger partial charge in [0.25, 0.3) is 0 Å². The number of aromatic nitrogens is 2. The maximum atomic E-state index is 11.1. The minimum Gasteiger partial charge on any atom is -0.486 e. The Morgan fingerprint density at radius 1 is 1.14 bits per heavy atom. The summed E-state index contributed by atoms with van der Waals surface area (Å²) in [5.41, 5.74) is 2.16. The van der Waals surface area contributed by atoms with Crippen LogP contribution in [0.25, 0.3) is 0 Å². The molecule has 0 spiro atoms. The molecule has 1 aromatic heterocycles. The molecule has 0 bridgehead atoms. The van der Waals surface area contributed by atoms with Gasteiger partial charge in [-0.05, 0) is 37.1 Å². The van der Waals surface area contributed by atoms with Gasteiger partial charge in [0, 0.05) is 20.2 Å². The van der Waals surface area contributed by atoms with E-state index < -0.39 is 5.97 Å². The first-order valence-electron chi connectivity index (χ1n) is 6.85. The molecule has 1 N–H and O–H groups in total. The van der Waals surface area contributed by atoms with Crippen molar-refractivity contribution in [2.24, 2.45) is 0 Å². The second-order valence-electron chi connectivity index (χ2n) is 5.34. The number of ether oxygens (including phenoxy) is 1. The van der Waals surface area contributed by atoms with Crippen LogP contribution < -0.4 is 9.64 Å². The second-order valence-corrected chi connectivity index (χ2v) is 5.34. The molecule has 6 nitrogen and oxygen atoms in total. The lowest BCUT2D eigenvalue weighted by Crippen LogP contribution is -2.16. The number of anilines is 1. The van der Waals surface area contributed by atoms with Crippen LogP contribution in [-0.4, -0.2) is 35.1 Å². The molecule has 116 valence electrons. The second kappa shape index (κ2) is 6.43. The first-order chi connectivity index (χ1) is 10.3. The molecule has 0 atom stereocenters. The van der Waals surface area contributed by atoms with Gasteiger partial charge >= 0.3 is 5.97 Å². The van der Waals surface area contributed by atoms with Crippen molar-refractivity contribution in [2.75, 3.05) is 19.0 Å². The highest BCUT2D eigenvalue weighted by molar-refractivity contribution is 5.86. The van der Waals surface area contributed by atoms with Crippen LogP contribution in [-0.2, 0) is 6.61 Å². The first kappa shape index (κ1) is 15.8. The highest BCUT2D eigenvalue weighted by Crippen LogP contribution is 2.18. The van der Waals surface area contributed by atoms with Gasteiger partial charge < -0.3 is 14.7 Å². The zero-order valence-corrected chi connectivity index (χ0v) is 13.1. The third kappa shape index (κ3) is 3.94. The monoisotopic (exact) mass is 301 g/mol. The molecule has 1 heterocycles. The largest absolute Gasteiger partial charge is 0.486 e. The van der Waals surface area contributed by atoms with E-state index in [0.29, 0.717) is 17.4 Å². The zero-order valence-electron chi connectivity index (χ0n) is 13.1. The van der Waals surface area contributed by atoms with E-state index in [0.717, 1.165) is 11.1 Å². The van der Waals surface area contributed by atoms with Crippen LogP contribution in [0.4, 0.5) is 5.82 Å². The predicted molar refractivity (Wildman–Crippen MR) is 83.6 cm³/mol. The molecule has 6 heteroatoms. The number of benzene rings is 1. The number of carboxylic acid groups (broad SMARTS) is 1. The molecule has 2 rings (SSSR count). The van der Waals surface area contributed by atoms with Gasteiger partial charge in [-0.2, -0.15) is 0 Å². The average molecular weight is 301 g/mol. The minimum atomic E-state index is -1.09. The number of hydrogen-bond acceptors (Lipinski definition) is 5. The number of hydrogen-bond donors (Lipinski definition) is 1. The summed E-state index contributed by atoms with van der Waals surface area (Å²) >= 11 is 0. The lowest BCUT2D eigenvalue weighted by atomic mass is 10.1. The minimum absolute atomic E-state index is 0.0438. The smallest absolute Gasteiger partial charge is 0.354 e. The number of rotatable bonds is 5. The molecule has 0 radical (unpaired) electrons. The third-order valence-corrected chi connectivity index (χ3v) is 3.00. The molecule has 0 aliphatic heterocycles. The maximum Gasteiger partial charge on any atom is 0.354 e. The van der Waals surface area contributed by atoms with E-state index in [1.807, 2.05) is 26.0 Å². The third-order valence-electron chi connectivity index (χ3n) is 3.00. The van der Waals surface area contributed by atoms with Crippen molar-refractivity contribution in [3.05, 3.63) is 46.9 Å². The van der Waals surface area contributed by atoms with E-state index in [4.69, 9.17) is 9.84 Å². The van der Waals surface area contributed by atoms with Crippen LogP contribution in [0.1, 0.15) is 27.4 Å². The van der Waals surface area contributed by atoms with Gasteiger partial charge in [0.1, 0.15) is 18.2 Å². The van der Waals surface area contributed by atoms with Gasteiger partial charge in [0.2, 0.25) is 0 Å². The molecule has 0 amide bonds. The van der Waals surface area contributed by atoms with E-state index in [2.05, 4.69) is 16.0 Å². The molecule has 22 heavy (non-hydrogen) atoms. The van der Waals surface area contributed by atoms with Crippen molar-refractivity contribution in [1.29, 1.82) is 0 Å². The molecule has 2 aromatic rings. The van der Waals surface area contributed by atoms with Crippen LogP contribution in [0.3, 0.4) is 0 Å². The van der Waals surface area contributed by atoms with Gasteiger partial charge in [-0.25, -0.2) is 14.8 Å². The normalized spacial score (nSPS) is 10.4. The van der Waals surface area contributed by atoms with Gasteiger partial charge in [-0.3, -0.25) is 0 Å². The van der Waals surface area contributed by atoms with E-state index in [9.17, 15) is 4.79 Å². The summed E-state index contributed by atoms with van der Waals surface area (Å²) < 4.78 is 5.69. The molecule has 0 fully saturated rings. The number of carbonyl (C=O) groups is 1. The molecule has 0 aliphatic carbocycles. The lowest BCUT2D eigenvalue weighted by molar-refractivity contribution is 0.0689. The number of nitrogens with zero attached hydrogens (tertiary/aromatic N) is 3. The fourth-order valence-electron chi connectivity index (χ4n) is 2.05. The molecule has 0 unspecified atom stereocenters. The Morgan fingerprint density at radius 2 is 1.77 bits per heavy atom. The van der Waals surface area contributed by atoms with Crippen LogP contribution >= 0.6 is 0 Å². The van der Waals surface area contributed by atoms with Crippen LogP contribution in [0.2, 0.25) is 0 Å². The highest BCUT2D eigenvalue weighted by Gasteiger charge is 2.12. The Labute approximate surface area is 129 Å². The van der Waals surface area contributed by atoms with Gasteiger partial charge in [0.15, 0.2) is 11.5 Å². The first-order valence-corrected chi connectivity index (χ1v) is 6.85. The number of aromatic carboxylic acids is 1. The van der Waals surface area contributed by atoms with Crippen LogP contribution in [0, 0.1) is 13.8 Å². The standard InChI is InChI=1S/C16H19N3O3/c1-10-5-11(2)7-12(6-10)22-9-14-17-13(16(20)21)8-15(18-14)19(3)4/h5-8H,9H2,1-4H3,(H,20,21). The zero-order chi connectivity index (χ0) is 16.3. The Hall–Kier alpha value is -2.63. The van der Waals surface area contributed by atoms with Crippen molar-refractivity contribution >= 4 is 11.8 Å². The summed E-state index contributed by atoms with van der Waals surface area (Å²) in [4.78, 5) is 21.2. The molecule has 0 saturated carbocycles. The van der Waals surface area contributed by atoms with Crippen molar-refractivity contribution < 1.29 is 14.6 Å². The van der Waals surface area contributed by atoms with Crippen molar-refractivity contribution in [3.63, 3.8) is 0 Å². The lowest BCUT2D eigenvalue weighted by Gasteiger charge is -2.13. The average Bonchev–Trinajstić information content (AvgIpc) is 2.43. The van der Waals surface area contributed by atoms with Gasteiger partial charge in [-0.15, -0.1) is 0 Å². The van der Waals surface area contributed by atoms with Gasteiger partial charge in [0.05, 0.1) is 0 Å². The summed E-state index contributed by atoms with van der Waals surface area (Å²) in [5, 5.41) is 9.12. The fourth-order valence-corrected chi connectivity index (χ4v) is 2.05. The van der Waals surface area contributed by atoms with Crippen LogP contribution in [0.5, 0.6) is 5.75 Å². The molecule has 1 aromatic carbocycles. The van der Waals surface area contributed by atoms with E-state index in [1.165, 1.54) is 6.07 Å². The number of aryl methyl sites for hydroxylation is 2. The predicted octanol–water partition coefficient (Wildman–Crippen LogP) is 2.44. The van der Waals surface area contributed by atoms with E-state index in [-0.39, 0.29) is 12.3 Å². The van der Waals surface area contributed by atoms with Crippen LogP contribution in [0.15, 0.2) is 24.3 Å². The Balaban J connectivity index is 2.23. The molecule has 0 aliphatic rings. The Bertz CT molecular complexity index is 679. The summed E-state index contributed by atoms with van der Waals surface area (Å²) in [6, 6.07) is 7.32. The van der Waals surface area contributed by atoms with Crippen molar-refractivity contribution in [1.82, 2.24) is 9.97 Å². The van der Waals surface area contributed by atoms with E-state index in [1.54, 1.807) is 19.0 Å². The highest BCUT2D eigenvalue weighted by atomic mass is 16.5. The SMILES string of the molecule is Cc1cc(C)cc(OCc2nc(C(=O)O)cc(N(C)C)n2)c1. The summed E-state index contributed by atoms with van der Waals surface area (Å²) in [6.07, 6.45) is 0. The molecular weight excluding hydrogens is 282 g/mol. The summed E-state index contributed by atoms with van der Waals surface area (Å²) in [7, 11) is 3.59. The Kier molecular flexibility index (Phi) is 4.60. The molecule has 0 saturated heterocycles. The van der Waals surface area contributed by atoms with Crippen molar-refractivity contribution in [2.45, 2.75) is 20.5 Å². The van der Waals surface area contributed by atoms with Crippen molar-refractivity contribution in [3.8, 4) is 5.75 Å². The topological polar surface area (TPSA) is 75.6 Å². The fraction of sp³-hybridized carbons (Fsp3) is 0.312. The quantitative estimate of drug-likeness (QED) is 0.914. The number of carboxylic acids is 1. The van der Waals surface area contributed by atoms with E-state index >= 15 is 0 Å². The molecular formula is C16H19N3O3. The summed E-state index contributed by atoms with van der Waals surface area (Å²) in [5.74, 6) is 0.501.